The summed E-state index contributed by atoms with van der Waals surface area (Å²) in [4.78, 5) is 21.0. The van der Waals surface area contributed by atoms with Gasteiger partial charge in [0.25, 0.3) is 5.91 Å². The SMILES string of the molecule is CCOc1ccccc1Nc1nccc(C(=O)Nc2ccc(Cl)cc2C)n1. The van der Waals surface area contributed by atoms with Crippen LogP contribution in [0.1, 0.15) is 23.0 Å². The largest absolute Gasteiger partial charge is 0.492 e. The molecule has 0 atom stereocenters. The number of rotatable bonds is 6. The fraction of sp³-hybridized carbons (Fsp3) is 0.150. The third-order valence-electron chi connectivity index (χ3n) is 3.76. The van der Waals surface area contributed by atoms with Gasteiger partial charge in [-0.25, -0.2) is 9.97 Å². The summed E-state index contributed by atoms with van der Waals surface area (Å²) in [5, 5.41) is 6.54. The second-order valence-corrected chi connectivity index (χ2v) is 6.17. The van der Waals surface area contributed by atoms with Crippen LogP contribution in [0.4, 0.5) is 17.3 Å². The second kappa shape index (κ2) is 8.51. The highest BCUT2D eigenvalue weighted by Crippen LogP contribution is 2.26. The van der Waals surface area contributed by atoms with Crippen LogP contribution >= 0.6 is 11.6 Å². The van der Waals surface area contributed by atoms with E-state index in [1.165, 1.54) is 6.20 Å². The van der Waals surface area contributed by atoms with Gasteiger partial charge in [-0.2, -0.15) is 0 Å². The van der Waals surface area contributed by atoms with Gasteiger partial charge in [0.15, 0.2) is 0 Å². The van der Waals surface area contributed by atoms with Crippen molar-refractivity contribution in [3.8, 4) is 5.75 Å². The molecule has 0 saturated heterocycles. The van der Waals surface area contributed by atoms with Gasteiger partial charge in [-0.05, 0) is 55.8 Å². The van der Waals surface area contributed by atoms with E-state index >= 15 is 0 Å². The summed E-state index contributed by atoms with van der Waals surface area (Å²) < 4.78 is 5.58. The lowest BCUT2D eigenvalue weighted by atomic mass is 10.2. The van der Waals surface area contributed by atoms with Crippen LogP contribution in [0.5, 0.6) is 5.75 Å². The lowest BCUT2D eigenvalue weighted by Crippen LogP contribution is -2.15. The average molecular weight is 383 g/mol. The molecule has 0 spiro atoms. The highest BCUT2D eigenvalue weighted by molar-refractivity contribution is 6.30. The molecule has 0 aliphatic carbocycles. The Bertz CT molecular complexity index is 962. The Morgan fingerprint density at radius 1 is 1.15 bits per heavy atom. The van der Waals surface area contributed by atoms with Gasteiger partial charge >= 0.3 is 0 Å². The minimum atomic E-state index is -0.330. The van der Waals surface area contributed by atoms with E-state index < -0.39 is 0 Å². The van der Waals surface area contributed by atoms with Gasteiger partial charge in [-0.3, -0.25) is 4.79 Å². The molecular weight excluding hydrogens is 364 g/mol. The Morgan fingerprint density at radius 3 is 2.74 bits per heavy atom. The van der Waals surface area contributed by atoms with E-state index in [-0.39, 0.29) is 11.6 Å². The first-order chi connectivity index (χ1) is 13.1. The molecule has 3 aromatic rings. The fourth-order valence-electron chi connectivity index (χ4n) is 2.47. The molecule has 0 aliphatic rings. The molecule has 2 N–H and O–H groups in total. The number of halogens is 1. The number of nitrogens with one attached hydrogen (secondary N) is 2. The van der Waals surface area contributed by atoms with E-state index in [1.54, 1.807) is 24.3 Å². The van der Waals surface area contributed by atoms with Crippen LogP contribution in [0.15, 0.2) is 54.7 Å². The summed E-state index contributed by atoms with van der Waals surface area (Å²) in [7, 11) is 0. The number of anilines is 3. The maximum atomic E-state index is 12.5. The molecule has 0 fully saturated rings. The summed E-state index contributed by atoms with van der Waals surface area (Å²) in [5.41, 5.74) is 2.52. The van der Waals surface area contributed by atoms with E-state index in [4.69, 9.17) is 16.3 Å². The monoisotopic (exact) mass is 382 g/mol. The third kappa shape index (κ3) is 4.74. The Morgan fingerprint density at radius 2 is 1.96 bits per heavy atom. The Labute approximate surface area is 162 Å². The molecule has 0 aliphatic heterocycles. The van der Waals surface area contributed by atoms with Crippen molar-refractivity contribution in [3.63, 3.8) is 0 Å². The van der Waals surface area contributed by atoms with Crippen LogP contribution < -0.4 is 15.4 Å². The minimum Gasteiger partial charge on any atom is -0.492 e. The van der Waals surface area contributed by atoms with E-state index in [0.717, 1.165) is 11.3 Å². The molecule has 27 heavy (non-hydrogen) atoms. The number of nitrogens with zero attached hydrogens (tertiary/aromatic N) is 2. The summed E-state index contributed by atoms with van der Waals surface area (Å²) >= 11 is 5.95. The molecule has 0 radical (unpaired) electrons. The smallest absolute Gasteiger partial charge is 0.274 e. The van der Waals surface area contributed by atoms with Gasteiger partial charge in [0.2, 0.25) is 5.95 Å². The van der Waals surface area contributed by atoms with Crippen LogP contribution in [0, 0.1) is 6.92 Å². The summed E-state index contributed by atoms with van der Waals surface area (Å²) in [6.45, 7) is 4.33. The van der Waals surface area contributed by atoms with Crippen LogP contribution in [0.25, 0.3) is 0 Å². The zero-order valence-corrected chi connectivity index (χ0v) is 15.7. The van der Waals surface area contributed by atoms with Crippen molar-refractivity contribution in [1.29, 1.82) is 0 Å². The molecule has 138 valence electrons. The van der Waals surface area contributed by atoms with Gasteiger partial charge < -0.3 is 15.4 Å². The molecule has 0 saturated carbocycles. The van der Waals surface area contributed by atoms with Crippen molar-refractivity contribution < 1.29 is 9.53 Å². The topological polar surface area (TPSA) is 76.1 Å². The molecule has 1 heterocycles. The number of hydrogen-bond donors (Lipinski definition) is 2. The zero-order valence-electron chi connectivity index (χ0n) is 15.0. The van der Waals surface area contributed by atoms with Crippen LogP contribution in [-0.4, -0.2) is 22.5 Å². The lowest BCUT2D eigenvalue weighted by molar-refractivity contribution is 0.102. The Kier molecular flexibility index (Phi) is 5.88. The van der Waals surface area contributed by atoms with Crippen LogP contribution in [0.2, 0.25) is 5.02 Å². The molecule has 6 nitrogen and oxygen atoms in total. The number of benzene rings is 2. The number of aryl methyl sites for hydroxylation is 1. The van der Waals surface area contributed by atoms with Crippen molar-refractivity contribution in [3.05, 3.63) is 71.0 Å². The number of aromatic nitrogens is 2. The van der Waals surface area contributed by atoms with E-state index in [2.05, 4.69) is 20.6 Å². The molecule has 2 aromatic carbocycles. The third-order valence-corrected chi connectivity index (χ3v) is 3.99. The molecule has 3 rings (SSSR count). The molecular formula is C20H19ClN4O2. The van der Waals surface area contributed by atoms with E-state index in [0.29, 0.717) is 29.0 Å². The van der Waals surface area contributed by atoms with Gasteiger partial charge in [-0.1, -0.05) is 23.7 Å². The Balaban J connectivity index is 1.78. The van der Waals surface area contributed by atoms with Crippen molar-refractivity contribution in [2.45, 2.75) is 13.8 Å². The van der Waals surface area contributed by atoms with E-state index in [1.807, 2.05) is 38.1 Å². The Hall–Kier alpha value is -3.12. The first-order valence-electron chi connectivity index (χ1n) is 8.46. The van der Waals surface area contributed by atoms with Crippen molar-refractivity contribution in [2.24, 2.45) is 0 Å². The highest BCUT2D eigenvalue weighted by Gasteiger charge is 2.12. The molecule has 1 aromatic heterocycles. The number of carbonyl (C=O) groups excluding carboxylic acids is 1. The van der Waals surface area contributed by atoms with Crippen molar-refractivity contribution >= 4 is 34.8 Å². The number of amides is 1. The van der Waals surface area contributed by atoms with Gasteiger partial charge in [-0.15, -0.1) is 0 Å². The first kappa shape index (κ1) is 18.7. The normalized spacial score (nSPS) is 10.3. The maximum Gasteiger partial charge on any atom is 0.274 e. The number of ether oxygens (including phenoxy) is 1. The molecule has 1 amide bonds. The van der Waals surface area contributed by atoms with Gasteiger partial charge in [0.1, 0.15) is 11.4 Å². The predicted molar refractivity (Wildman–Crippen MR) is 107 cm³/mol. The van der Waals surface area contributed by atoms with Gasteiger partial charge in [0.05, 0.1) is 12.3 Å². The summed E-state index contributed by atoms with van der Waals surface area (Å²) in [6, 6.07) is 14.3. The maximum absolute atomic E-state index is 12.5. The van der Waals surface area contributed by atoms with Gasteiger partial charge in [0, 0.05) is 16.9 Å². The second-order valence-electron chi connectivity index (χ2n) is 5.73. The van der Waals surface area contributed by atoms with E-state index in [9.17, 15) is 4.79 Å². The quantitative estimate of drug-likeness (QED) is 0.638. The van der Waals surface area contributed by atoms with Crippen LogP contribution in [0.3, 0.4) is 0 Å². The first-order valence-corrected chi connectivity index (χ1v) is 8.84. The van der Waals surface area contributed by atoms with Crippen molar-refractivity contribution in [2.75, 3.05) is 17.2 Å². The molecule has 0 unspecified atom stereocenters. The predicted octanol–water partition coefficient (Wildman–Crippen LogP) is 4.83. The zero-order chi connectivity index (χ0) is 19.2. The lowest BCUT2D eigenvalue weighted by Gasteiger charge is -2.12. The fourth-order valence-corrected chi connectivity index (χ4v) is 2.70. The number of para-hydroxylation sites is 2. The number of hydrogen-bond acceptors (Lipinski definition) is 5. The standard InChI is InChI=1S/C20H19ClN4O2/c1-3-27-18-7-5-4-6-16(18)24-20-22-11-10-17(25-20)19(26)23-15-9-8-14(21)12-13(15)2/h4-12H,3H2,1-2H3,(H,23,26)(H,22,24,25). The molecule has 0 bridgehead atoms. The summed E-state index contributed by atoms with van der Waals surface area (Å²) in [6.07, 6.45) is 1.53. The average Bonchev–Trinajstić information content (AvgIpc) is 2.66. The van der Waals surface area contributed by atoms with Crippen molar-refractivity contribution in [1.82, 2.24) is 9.97 Å². The highest BCUT2D eigenvalue weighted by atomic mass is 35.5. The minimum absolute atomic E-state index is 0.246. The van der Waals surface area contributed by atoms with Crippen LogP contribution in [-0.2, 0) is 0 Å². The molecule has 7 heteroatoms. The number of carbonyl (C=O) groups is 1. The summed E-state index contributed by atoms with van der Waals surface area (Å²) in [5.74, 6) is 0.668.